The summed E-state index contributed by atoms with van der Waals surface area (Å²) in [6.07, 6.45) is 6.00. The molecule has 0 aliphatic carbocycles. The van der Waals surface area contributed by atoms with E-state index in [9.17, 15) is 9.59 Å². The molecule has 2 aromatic carbocycles. The quantitative estimate of drug-likeness (QED) is 0.390. The molecule has 0 radical (unpaired) electrons. The van der Waals surface area contributed by atoms with Crippen molar-refractivity contribution >= 4 is 28.6 Å². The molecule has 0 aliphatic rings. The van der Waals surface area contributed by atoms with Crippen LogP contribution in [-0.2, 0) is 4.79 Å². The summed E-state index contributed by atoms with van der Waals surface area (Å²) < 4.78 is 0. The summed E-state index contributed by atoms with van der Waals surface area (Å²) in [6.45, 7) is 4.46. The van der Waals surface area contributed by atoms with Crippen LogP contribution in [-0.4, -0.2) is 27.0 Å². The Balaban J connectivity index is 1.50. The lowest BCUT2D eigenvalue weighted by molar-refractivity contribution is -0.116. The molecule has 1 N–H and O–H groups in total. The van der Waals surface area contributed by atoms with Crippen LogP contribution in [0.15, 0.2) is 48.5 Å². The molecular weight excluding hydrogens is 380 g/mol. The van der Waals surface area contributed by atoms with Gasteiger partial charge in [-0.25, -0.2) is 4.79 Å². The third-order valence-corrected chi connectivity index (χ3v) is 4.81. The zero-order valence-corrected chi connectivity index (χ0v) is 17.5. The number of rotatable bonds is 10. The van der Waals surface area contributed by atoms with Crippen LogP contribution in [0.2, 0.25) is 0 Å². The van der Waals surface area contributed by atoms with Crippen molar-refractivity contribution in [2.75, 3.05) is 5.32 Å². The summed E-state index contributed by atoms with van der Waals surface area (Å²) in [5.41, 5.74) is 2.12. The Morgan fingerprint density at radius 3 is 2.67 bits per heavy atom. The molecule has 0 saturated carbocycles. The Morgan fingerprint density at radius 2 is 1.83 bits per heavy atom. The van der Waals surface area contributed by atoms with Crippen molar-refractivity contribution in [1.82, 2.24) is 15.2 Å². The van der Waals surface area contributed by atoms with E-state index >= 15 is 0 Å². The molecule has 1 heterocycles. The summed E-state index contributed by atoms with van der Waals surface area (Å²) >= 11 is 0. The van der Waals surface area contributed by atoms with Gasteiger partial charge in [-0.3, -0.25) is 4.79 Å². The second-order valence-electron chi connectivity index (χ2n) is 7.81. The highest BCUT2D eigenvalue weighted by molar-refractivity contribution is 5.94. The first-order valence-corrected chi connectivity index (χ1v) is 10.5. The van der Waals surface area contributed by atoms with Gasteiger partial charge in [0.25, 0.3) is 0 Å². The molecule has 30 heavy (non-hydrogen) atoms. The van der Waals surface area contributed by atoms with Gasteiger partial charge in [0.15, 0.2) is 0 Å². The van der Waals surface area contributed by atoms with Crippen molar-refractivity contribution < 1.29 is 14.4 Å². The standard InChI is InChI=1S/C23H28N4O3/c1-17(2)10-5-3-4-6-15-22(28)24-19-12-9-11-18(16-19)23(29)30-27-21-14-8-7-13-20(21)25-26-27/h7-9,11-14,16-17H,3-6,10,15H2,1-2H3,(H,24,28). The van der Waals surface area contributed by atoms with Crippen molar-refractivity contribution in [2.24, 2.45) is 5.92 Å². The molecule has 3 rings (SSSR count). The minimum Gasteiger partial charge on any atom is -0.326 e. The normalized spacial score (nSPS) is 11.0. The number of nitrogens with zero attached hydrogens (tertiary/aromatic N) is 3. The molecule has 0 atom stereocenters. The second kappa shape index (κ2) is 10.5. The maximum atomic E-state index is 12.5. The van der Waals surface area contributed by atoms with Gasteiger partial charge in [0.1, 0.15) is 11.0 Å². The number of anilines is 1. The highest BCUT2D eigenvalue weighted by Gasteiger charge is 2.13. The van der Waals surface area contributed by atoms with E-state index in [1.807, 2.05) is 12.1 Å². The molecule has 3 aromatic rings. The largest absolute Gasteiger partial charge is 0.365 e. The first kappa shape index (κ1) is 21.5. The van der Waals surface area contributed by atoms with Gasteiger partial charge in [-0.2, -0.15) is 0 Å². The van der Waals surface area contributed by atoms with Gasteiger partial charge in [0.05, 0.1) is 5.56 Å². The molecule has 1 amide bonds. The van der Waals surface area contributed by atoms with Crippen LogP contribution in [0.3, 0.4) is 0 Å². The third-order valence-electron chi connectivity index (χ3n) is 4.81. The zero-order chi connectivity index (χ0) is 21.3. The predicted molar refractivity (Wildman–Crippen MR) is 116 cm³/mol. The van der Waals surface area contributed by atoms with Crippen molar-refractivity contribution in [3.05, 3.63) is 54.1 Å². The van der Waals surface area contributed by atoms with E-state index < -0.39 is 5.97 Å². The number of aromatic nitrogens is 3. The summed E-state index contributed by atoms with van der Waals surface area (Å²) in [5, 5.41) is 10.7. The fraction of sp³-hybridized carbons (Fsp3) is 0.391. The van der Waals surface area contributed by atoms with E-state index in [1.54, 1.807) is 36.4 Å². The van der Waals surface area contributed by atoms with Gasteiger partial charge >= 0.3 is 5.97 Å². The lowest BCUT2D eigenvalue weighted by atomic mass is 10.0. The molecule has 7 nitrogen and oxygen atoms in total. The molecule has 0 unspecified atom stereocenters. The minimum atomic E-state index is -0.577. The van der Waals surface area contributed by atoms with Crippen molar-refractivity contribution in [2.45, 2.75) is 52.4 Å². The van der Waals surface area contributed by atoms with Gasteiger partial charge in [-0.05, 0) is 47.9 Å². The Hall–Kier alpha value is -3.22. The molecule has 0 spiro atoms. The van der Waals surface area contributed by atoms with Crippen molar-refractivity contribution in [3.63, 3.8) is 0 Å². The van der Waals surface area contributed by atoms with Crippen LogP contribution < -0.4 is 10.2 Å². The maximum absolute atomic E-state index is 12.5. The van der Waals surface area contributed by atoms with Gasteiger partial charge in [-0.15, -0.1) is 5.10 Å². The van der Waals surface area contributed by atoms with E-state index in [0.29, 0.717) is 28.7 Å². The number of hydrogen-bond donors (Lipinski definition) is 1. The number of benzene rings is 2. The van der Waals surface area contributed by atoms with Crippen LogP contribution in [0, 0.1) is 5.92 Å². The summed E-state index contributed by atoms with van der Waals surface area (Å²) in [4.78, 5) is 31.1. The monoisotopic (exact) mass is 408 g/mol. The smallest absolute Gasteiger partial charge is 0.326 e. The third kappa shape index (κ3) is 6.14. The lowest BCUT2D eigenvalue weighted by Gasteiger charge is -2.08. The minimum absolute atomic E-state index is 0.0494. The summed E-state index contributed by atoms with van der Waals surface area (Å²) in [6, 6.07) is 13.9. The molecule has 0 fully saturated rings. The Kier molecular flexibility index (Phi) is 7.54. The van der Waals surface area contributed by atoms with Crippen molar-refractivity contribution in [1.29, 1.82) is 0 Å². The van der Waals surface area contributed by atoms with Crippen LogP contribution in [0.4, 0.5) is 5.69 Å². The van der Waals surface area contributed by atoms with Gasteiger partial charge < -0.3 is 10.2 Å². The topological polar surface area (TPSA) is 86.1 Å². The van der Waals surface area contributed by atoms with Crippen LogP contribution in [0.1, 0.15) is 62.7 Å². The van der Waals surface area contributed by atoms with Crippen molar-refractivity contribution in [3.8, 4) is 0 Å². The predicted octanol–water partition coefficient (Wildman–Crippen LogP) is 4.64. The number of carbonyl (C=O) groups is 2. The van der Waals surface area contributed by atoms with E-state index in [2.05, 4.69) is 29.5 Å². The number of amides is 1. The average molecular weight is 409 g/mol. The number of fused-ring (bicyclic) bond motifs is 1. The first-order chi connectivity index (χ1) is 14.5. The fourth-order valence-corrected chi connectivity index (χ4v) is 3.19. The lowest BCUT2D eigenvalue weighted by Crippen LogP contribution is -2.21. The number of unbranched alkanes of at least 4 members (excludes halogenated alkanes) is 3. The highest BCUT2D eigenvalue weighted by atomic mass is 16.7. The van der Waals surface area contributed by atoms with Crippen LogP contribution in [0.5, 0.6) is 0 Å². The van der Waals surface area contributed by atoms with Gasteiger partial charge in [0, 0.05) is 12.1 Å². The number of hydrogen-bond acceptors (Lipinski definition) is 5. The average Bonchev–Trinajstić information content (AvgIpc) is 3.13. The molecule has 0 saturated heterocycles. The SMILES string of the molecule is CC(C)CCCCCCC(=O)Nc1cccc(C(=O)On2nnc3ccccc32)c1. The summed E-state index contributed by atoms with van der Waals surface area (Å²) in [5.74, 6) is 0.106. The Bertz CT molecular complexity index is 997. The van der Waals surface area contributed by atoms with E-state index in [4.69, 9.17) is 4.84 Å². The molecule has 0 aliphatic heterocycles. The zero-order valence-electron chi connectivity index (χ0n) is 17.5. The van der Waals surface area contributed by atoms with E-state index in [0.717, 1.165) is 30.0 Å². The summed E-state index contributed by atoms with van der Waals surface area (Å²) in [7, 11) is 0. The molecule has 158 valence electrons. The Labute approximate surface area is 176 Å². The molecule has 0 bridgehead atoms. The maximum Gasteiger partial charge on any atom is 0.365 e. The van der Waals surface area contributed by atoms with E-state index in [-0.39, 0.29) is 5.91 Å². The molecular formula is C23H28N4O3. The van der Waals surface area contributed by atoms with Crippen LogP contribution in [0.25, 0.3) is 11.0 Å². The number of carbonyl (C=O) groups excluding carboxylic acids is 2. The first-order valence-electron chi connectivity index (χ1n) is 10.5. The van der Waals surface area contributed by atoms with Crippen LogP contribution >= 0.6 is 0 Å². The number of para-hydroxylation sites is 1. The molecule has 1 aromatic heterocycles. The second-order valence-corrected chi connectivity index (χ2v) is 7.81. The highest BCUT2D eigenvalue weighted by Crippen LogP contribution is 2.15. The Morgan fingerprint density at radius 1 is 1.03 bits per heavy atom. The van der Waals surface area contributed by atoms with Gasteiger partial charge in [-0.1, -0.05) is 62.6 Å². The molecule has 7 heteroatoms. The van der Waals surface area contributed by atoms with E-state index in [1.165, 1.54) is 12.8 Å². The number of nitrogens with one attached hydrogen (secondary N) is 1. The van der Waals surface area contributed by atoms with Gasteiger partial charge in [0.2, 0.25) is 5.91 Å². The fourth-order valence-electron chi connectivity index (χ4n) is 3.19.